The molecular formula is C20H15ClN2O2. The molecule has 1 aromatic heterocycles. The first-order valence-electron chi connectivity index (χ1n) is 7.94. The van der Waals surface area contributed by atoms with E-state index in [-0.39, 0.29) is 16.0 Å². The molecule has 0 saturated carbocycles. The van der Waals surface area contributed by atoms with Crippen molar-refractivity contribution in [1.29, 1.82) is 0 Å². The lowest BCUT2D eigenvalue weighted by Crippen LogP contribution is -2.15. The third kappa shape index (κ3) is 2.33. The average Bonchev–Trinajstić information content (AvgIpc) is 2.82. The van der Waals surface area contributed by atoms with Crippen molar-refractivity contribution in [3.8, 4) is 22.4 Å². The number of aromatic nitrogens is 1. The van der Waals surface area contributed by atoms with Crippen LogP contribution in [-0.2, 0) is 5.41 Å². The number of nitro groups is 1. The second-order valence-electron chi connectivity index (χ2n) is 6.71. The molecular weight excluding hydrogens is 336 g/mol. The Morgan fingerprint density at radius 2 is 1.84 bits per heavy atom. The summed E-state index contributed by atoms with van der Waals surface area (Å²) in [6.45, 7) is 4.18. The van der Waals surface area contributed by atoms with Gasteiger partial charge in [0.2, 0.25) is 0 Å². The van der Waals surface area contributed by atoms with E-state index < -0.39 is 0 Å². The van der Waals surface area contributed by atoms with Gasteiger partial charge in [-0.05, 0) is 46.5 Å². The van der Waals surface area contributed by atoms with Crippen LogP contribution >= 0.6 is 11.6 Å². The number of fused-ring (bicyclic) bond motifs is 3. The lowest BCUT2D eigenvalue weighted by atomic mass is 9.82. The normalized spacial score (nSPS) is 14.0. The summed E-state index contributed by atoms with van der Waals surface area (Å²) in [5.41, 5.74) is 5.73. The molecule has 25 heavy (non-hydrogen) atoms. The summed E-state index contributed by atoms with van der Waals surface area (Å²) in [4.78, 5) is 15.2. The van der Waals surface area contributed by atoms with Gasteiger partial charge in [-0.3, -0.25) is 15.1 Å². The standard InChI is InChI=1S/C20H15ClN2O2/c1-20(2)16-8-5-12(19-18(21)4-3-9-22-19)10-15(16)14-7-6-13(23(24)25)11-17(14)20/h3-11H,1-2H3. The first-order chi connectivity index (χ1) is 11.9. The lowest BCUT2D eigenvalue weighted by Gasteiger charge is -2.21. The summed E-state index contributed by atoms with van der Waals surface area (Å²) in [7, 11) is 0. The largest absolute Gasteiger partial charge is 0.269 e. The molecule has 0 bridgehead atoms. The molecule has 1 aliphatic carbocycles. The topological polar surface area (TPSA) is 56.0 Å². The second kappa shape index (κ2) is 5.39. The van der Waals surface area contributed by atoms with Crippen LogP contribution in [0, 0.1) is 10.1 Å². The van der Waals surface area contributed by atoms with Crippen molar-refractivity contribution >= 4 is 17.3 Å². The van der Waals surface area contributed by atoms with Gasteiger partial charge in [0.1, 0.15) is 0 Å². The molecule has 0 N–H and O–H groups in total. The van der Waals surface area contributed by atoms with Gasteiger partial charge in [-0.15, -0.1) is 0 Å². The fourth-order valence-corrected chi connectivity index (χ4v) is 3.83. The van der Waals surface area contributed by atoms with Crippen LogP contribution in [0.3, 0.4) is 0 Å². The van der Waals surface area contributed by atoms with E-state index in [9.17, 15) is 10.1 Å². The molecule has 1 heterocycles. The van der Waals surface area contributed by atoms with E-state index >= 15 is 0 Å². The number of non-ortho nitro benzene ring substituents is 1. The molecule has 3 aromatic rings. The van der Waals surface area contributed by atoms with Crippen molar-refractivity contribution in [3.05, 3.63) is 81.0 Å². The molecule has 0 atom stereocenters. The quantitative estimate of drug-likeness (QED) is 0.445. The maximum absolute atomic E-state index is 11.1. The van der Waals surface area contributed by atoms with Gasteiger partial charge in [-0.1, -0.05) is 37.6 Å². The molecule has 0 amide bonds. The average molecular weight is 351 g/mol. The van der Waals surface area contributed by atoms with Gasteiger partial charge in [0.15, 0.2) is 0 Å². The van der Waals surface area contributed by atoms with E-state index in [1.54, 1.807) is 24.4 Å². The van der Waals surface area contributed by atoms with Gasteiger partial charge in [0, 0.05) is 29.3 Å². The number of rotatable bonds is 2. The molecule has 0 unspecified atom stereocenters. The van der Waals surface area contributed by atoms with Crippen molar-refractivity contribution in [2.45, 2.75) is 19.3 Å². The highest BCUT2D eigenvalue weighted by Gasteiger charge is 2.36. The van der Waals surface area contributed by atoms with Crippen LogP contribution in [0.5, 0.6) is 0 Å². The first kappa shape index (κ1) is 15.8. The first-order valence-corrected chi connectivity index (χ1v) is 8.32. The number of nitrogens with zero attached hydrogens (tertiary/aromatic N) is 2. The fraction of sp³-hybridized carbons (Fsp3) is 0.150. The second-order valence-corrected chi connectivity index (χ2v) is 7.11. The molecule has 4 rings (SSSR count). The van der Waals surface area contributed by atoms with E-state index in [2.05, 4.69) is 31.0 Å². The van der Waals surface area contributed by atoms with Crippen molar-refractivity contribution in [3.63, 3.8) is 0 Å². The van der Waals surface area contributed by atoms with Crippen LogP contribution in [0.2, 0.25) is 5.02 Å². The molecule has 0 saturated heterocycles. The number of halogens is 1. The number of hydrogen-bond donors (Lipinski definition) is 0. The summed E-state index contributed by atoms with van der Waals surface area (Å²) in [6.07, 6.45) is 1.72. The van der Waals surface area contributed by atoms with Gasteiger partial charge < -0.3 is 0 Å². The predicted octanol–water partition coefficient (Wildman–Crippen LogP) is 5.62. The van der Waals surface area contributed by atoms with Gasteiger partial charge in [0.05, 0.1) is 15.6 Å². The van der Waals surface area contributed by atoms with Crippen LogP contribution in [0.25, 0.3) is 22.4 Å². The van der Waals surface area contributed by atoms with Crippen LogP contribution in [0.1, 0.15) is 25.0 Å². The highest BCUT2D eigenvalue weighted by Crippen LogP contribution is 2.50. The molecule has 4 nitrogen and oxygen atoms in total. The number of pyridine rings is 1. The number of hydrogen-bond acceptors (Lipinski definition) is 3. The van der Waals surface area contributed by atoms with Crippen LogP contribution in [0.4, 0.5) is 5.69 Å². The lowest BCUT2D eigenvalue weighted by molar-refractivity contribution is -0.384. The Morgan fingerprint density at radius 3 is 2.56 bits per heavy atom. The van der Waals surface area contributed by atoms with E-state index in [0.29, 0.717) is 5.02 Å². The highest BCUT2D eigenvalue weighted by molar-refractivity contribution is 6.33. The predicted molar refractivity (Wildman–Crippen MR) is 98.9 cm³/mol. The van der Waals surface area contributed by atoms with Crippen molar-refractivity contribution in [2.75, 3.05) is 0 Å². The zero-order valence-electron chi connectivity index (χ0n) is 13.8. The minimum Gasteiger partial charge on any atom is -0.258 e. The van der Waals surface area contributed by atoms with E-state index in [1.807, 2.05) is 18.2 Å². The van der Waals surface area contributed by atoms with E-state index in [4.69, 9.17) is 11.6 Å². The molecule has 0 aliphatic heterocycles. The highest BCUT2D eigenvalue weighted by atomic mass is 35.5. The minimum atomic E-state index is -0.349. The fourth-order valence-electron chi connectivity index (χ4n) is 3.60. The molecule has 5 heteroatoms. The summed E-state index contributed by atoms with van der Waals surface area (Å²) >= 11 is 6.28. The summed E-state index contributed by atoms with van der Waals surface area (Å²) in [6, 6.07) is 14.9. The Bertz CT molecular complexity index is 1030. The zero-order valence-corrected chi connectivity index (χ0v) is 14.5. The maximum atomic E-state index is 11.1. The minimum absolute atomic E-state index is 0.118. The summed E-state index contributed by atoms with van der Waals surface area (Å²) in [5, 5.41) is 11.7. The molecule has 2 aromatic carbocycles. The molecule has 0 fully saturated rings. The third-order valence-electron chi connectivity index (χ3n) is 4.90. The van der Waals surface area contributed by atoms with Gasteiger partial charge in [-0.2, -0.15) is 0 Å². The Labute approximate surface area is 150 Å². The Balaban J connectivity index is 1.94. The van der Waals surface area contributed by atoms with Gasteiger partial charge in [-0.25, -0.2) is 0 Å². The van der Waals surface area contributed by atoms with E-state index in [1.165, 1.54) is 0 Å². The SMILES string of the molecule is CC1(C)c2ccc(-c3ncccc3Cl)cc2-c2ccc([N+](=O)[O-])cc21. The van der Waals surface area contributed by atoms with E-state index in [0.717, 1.165) is 33.5 Å². The Hall–Kier alpha value is -2.72. The monoisotopic (exact) mass is 350 g/mol. The summed E-state index contributed by atoms with van der Waals surface area (Å²) in [5.74, 6) is 0. The van der Waals surface area contributed by atoms with Crippen molar-refractivity contribution < 1.29 is 4.92 Å². The van der Waals surface area contributed by atoms with Gasteiger partial charge in [0.25, 0.3) is 5.69 Å². The number of nitro benzene ring substituents is 1. The van der Waals surface area contributed by atoms with Crippen molar-refractivity contribution in [2.24, 2.45) is 0 Å². The van der Waals surface area contributed by atoms with Gasteiger partial charge >= 0.3 is 0 Å². The van der Waals surface area contributed by atoms with Crippen LogP contribution in [-0.4, -0.2) is 9.91 Å². The molecule has 1 aliphatic rings. The third-order valence-corrected chi connectivity index (χ3v) is 5.21. The molecule has 124 valence electrons. The van der Waals surface area contributed by atoms with Crippen LogP contribution < -0.4 is 0 Å². The zero-order chi connectivity index (χ0) is 17.8. The Morgan fingerprint density at radius 1 is 1.04 bits per heavy atom. The Kier molecular flexibility index (Phi) is 3.41. The van der Waals surface area contributed by atoms with Crippen molar-refractivity contribution in [1.82, 2.24) is 4.98 Å². The smallest absolute Gasteiger partial charge is 0.258 e. The van der Waals surface area contributed by atoms with Crippen LogP contribution in [0.15, 0.2) is 54.7 Å². The number of benzene rings is 2. The molecule has 0 spiro atoms. The molecule has 0 radical (unpaired) electrons. The summed E-state index contributed by atoms with van der Waals surface area (Å²) < 4.78 is 0. The maximum Gasteiger partial charge on any atom is 0.269 e.